The van der Waals surface area contributed by atoms with Gasteiger partial charge >= 0.3 is 0 Å². The maximum absolute atomic E-state index is 13.7. The Bertz CT molecular complexity index is 1740. The first-order chi connectivity index (χ1) is 21.0. The molecule has 8 heteroatoms. The van der Waals surface area contributed by atoms with Crippen molar-refractivity contribution in [2.75, 3.05) is 44.2 Å². The minimum atomic E-state index is -0.289. The van der Waals surface area contributed by atoms with Gasteiger partial charge in [0.25, 0.3) is 11.8 Å². The van der Waals surface area contributed by atoms with E-state index in [1.54, 1.807) is 15.9 Å². The smallest absolute Gasteiger partial charge is 0.263 e. The molecule has 1 unspecified atom stereocenters. The molecule has 0 aliphatic carbocycles. The molecule has 3 aliphatic rings. The quantitative estimate of drug-likeness (QED) is 0.322. The van der Waals surface area contributed by atoms with Gasteiger partial charge in [-0.25, -0.2) is 0 Å². The molecule has 4 aromatic rings. The van der Waals surface area contributed by atoms with Gasteiger partial charge in [-0.1, -0.05) is 78.9 Å². The van der Waals surface area contributed by atoms with Crippen LogP contribution >= 0.6 is 0 Å². The lowest BCUT2D eigenvalue weighted by Gasteiger charge is -2.37. The highest BCUT2D eigenvalue weighted by molar-refractivity contribution is 6.23. The largest absolute Gasteiger partial charge is 0.367 e. The standard InChI is InChI=1S/C35H32N4O4/c40-31-20-27(24-8-2-1-3-9-24)21-38(31)23-32(41)37-18-16-36(17-19-37)30-15-7-14-29-33(30)35(43)39(34(29)42)22-26-12-6-11-25-10-4-5-13-28(25)26/h1-15,27H,16-23H2. The molecule has 1 atom stereocenters. The first-order valence-electron chi connectivity index (χ1n) is 14.8. The topological polar surface area (TPSA) is 81.2 Å². The lowest BCUT2D eigenvalue weighted by atomic mass is 9.99. The molecule has 216 valence electrons. The molecule has 3 heterocycles. The van der Waals surface area contributed by atoms with Crippen LogP contribution in [-0.2, 0) is 16.1 Å². The van der Waals surface area contributed by atoms with E-state index in [-0.39, 0.29) is 42.6 Å². The Kier molecular flexibility index (Phi) is 6.89. The lowest BCUT2D eigenvalue weighted by Crippen LogP contribution is -2.51. The van der Waals surface area contributed by atoms with Crippen LogP contribution < -0.4 is 4.90 Å². The summed E-state index contributed by atoms with van der Waals surface area (Å²) in [4.78, 5) is 59.9. The molecule has 0 bridgehead atoms. The number of likely N-dealkylation sites (tertiary alicyclic amines) is 1. The SMILES string of the molecule is O=C(CN1CC(c2ccccc2)CC1=O)N1CCN(c2cccc3c2C(=O)N(Cc2cccc4ccccc24)C3=O)CC1. The molecule has 2 fully saturated rings. The predicted molar refractivity (Wildman–Crippen MR) is 164 cm³/mol. The molecule has 0 N–H and O–H groups in total. The Hall–Kier alpha value is -4.98. The van der Waals surface area contributed by atoms with E-state index in [2.05, 4.69) is 4.90 Å². The Balaban J connectivity index is 1.01. The summed E-state index contributed by atoms with van der Waals surface area (Å²) in [7, 11) is 0. The summed E-state index contributed by atoms with van der Waals surface area (Å²) in [6.45, 7) is 2.87. The number of carbonyl (C=O) groups is 4. The van der Waals surface area contributed by atoms with Crippen LogP contribution in [0.2, 0.25) is 0 Å². The zero-order valence-electron chi connectivity index (χ0n) is 23.8. The van der Waals surface area contributed by atoms with Gasteiger partial charge in [0.1, 0.15) is 0 Å². The van der Waals surface area contributed by atoms with Crippen LogP contribution in [0.15, 0.2) is 91.0 Å². The third-order valence-electron chi connectivity index (χ3n) is 8.97. The molecule has 3 aliphatic heterocycles. The van der Waals surface area contributed by atoms with Crippen LogP contribution in [-0.4, -0.2) is 77.6 Å². The van der Waals surface area contributed by atoms with E-state index >= 15 is 0 Å². The highest BCUT2D eigenvalue weighted by Gasteiger charge is 2.39. The van der Waals surface area contributed by atoms with Crippen molar-refractivity contribution >= 4 is 40.1 Å². The van der Waals surface area contributed by atoms with Crippen LogP contribution in [0, 0.1) is 0 Å². The number of rotatable bonds is 6. The summed E-state index contributed by atoms with van der Waals surface area (Å²) >= 11 is 0. The number of amides is 4. The van der Waals surface area contributed by atoms with E-state index in [0.717, 1.165) is 27.6 Å². The number of imide groups is 1. The number of benzene rings is 4. The van der Waals surface area contributed by atoms with Crippen LogP contribution in [0.5, 0.6) is 0 Å². The van der Waals surface area contributed by atoms with Gasteiger partial charge in [-0.2, -0.15) is 0 Å². The monoisotopic (exact) mass is 572 g/mol. The van der Waals surface area contributed by atoms with Gasteiger partial charge in [-0.05, 0) is 34.0 Å². The van der Waals surface area contributed by atoms with Gasteiger partial charge in [0.2, 0.25) is 11.8 Å². The van der Waals surface area contributed by atoms with Gasteiger partial charge in [0, 0.05) is 45.1 Å². The molecule has 43 heavy (non-hydrogen) atoms. The normalized spacial score (nSPS) is 18.6. The van der Waals surface area contributed by atoms with E-state index in [1.807, 2.05) is 84.9 Å². The fourth-order valence-electron chi connectivity index (χ4n) is 6.66. The fraction of sp³-hybridized carbons (Fsp3) is 0.257. The molecule has 4 amide bonds. The molecule has 2 saturated heterocycles. The molecule has 0 saturated carbocycles. The second kappa shape index (κ2) is 11.0. The third kappa shape index (κ3) is 4.92. The van der Waals surface area contributed by atoms with Crippen molar-refractivity contribution in [2.45, 2.75) is 18.9 Å². The average Bonchev–Trinajstić information content (AvgIpc) is 3.53. The van der Waals surface area contributed by atoms with Gasteiger partial charge in [0.15, 0.2) is 0 Å². The molecule has 0 radical (unpaired) electrons. The third-order valence-corrected chi connectivity index (χ3v) is 8.97. The summed E-state index contributed by atoms with van der Waals surface area (Å²) in [5, 5.41) is 2.09. The van der Waals surface area contributed by atoms with E-state index in [0.29, 0.717) is 50.3 Å². The van der Waals surface area contributed by atoms with Crippen molar-refractivity contribution in [1.29, 1.82) is 0 Å². The van der Waals surface area contributed by atoms with Crippen LogP contribution in [0.4, 0.5) is 5.69 Å². The fourth-order valence-corrected chi connectivity index (χ4v) is 6.66. The van der Waals surface area contributed by atoms with Crippen molar-refractivity contribution in [3.63, 3.8) is 0 Å². The van der Waals surface area contributed by atoms with E-state index in [4.69, 9.17) is 0 Å². The van der Waals surface area contributed by atoms with E-state index in [1.165, 1.54) is 4.90 Å². The van der Waals surface area contributed by atoms with Crippen molar-refractivity contribution < 1.29 is 19.2 Å². The number of carbonyl (C=O) groups excluding carboxylic acids is 4. The zero-order valence-corrected chi connectivity index (χ0v) is 23.8. The summed E-state index contributed by atoms with van der Waals surface area (Å²) in [6.07, 6.45) is 0.425. The molecule has 0 spiro atoms. The molecule has 7 rings (SSSR count). The van der Waals surface area contributed by atoms with Gasteiger partial charge in [-0.15, -0.1) is 0 Å². The van der Waals surface area contributed by atoms with Gasteiger partial charge in [0.05, 0.1) is 29.9 Å². The first-order valence-corrected chi connectivity index (χ1v) is 14.8. The number of nitrogens with zero attached hydrogens (tertiary/aromatic N) is 4. The number of hydrogen-bond acceptors (Lipinski definition) is 5. The van der Waals surface area contributed by atoms with E-state index < -0.39 is 0 Å². The highest BCUT2D eigenvalue weighted by Crippen LogP contribution is 2.34. The van der Waals surface area contributed by atoms with Crippen molar-refractivity contribution in [3.05, 3.63) is 113 Å². The number of hydrogen-bond donors (Lipinski definition) is 0. The van der Waals surface area contributed by atoms with Crippen molar-refractivity contribution in [2.24, 2.45) is 0 Å². The second-order valence-electron chi connectivity index (χ2n) is 11.5. The predicted octanol–water partition coefficient (Wildman–Crippen LogP) is 4.30. The zero-order chi connectivity index (χ0) is 29.5. The highest BCUT2D eigenvalue weighted by atomic mass is 16.2. The van der Waals surface area contributed by atoms with Crippen LogP contribution in [0.3, 0.4) is 0 Å². The minimum absolute atomic E-state index is 0.0110. The van der Waals surface area contributed by atoms with Crippen molar-refractivity contribution in [3.8, 4) is 0 Å². The van der Waals surface area contributed by atoms with Crippen LogP contribution in [0.25, 0.3) is 10.8 Å². The Morgan fingerprint density at radius 3 is 2.28 bits per heavy atom. The molecular weight excluding hydrogens is 540 g/mol. The average molecular weight is 573 g/mol. The number of anilines is 1. The van der Waals surface area contributed by atoms with E-state index in [9.17, 15) is 19.2 Å². The molecular formula is C35H32N4O4. The first kappa shape index (κ1) is 26.9. The second-order valence-corrected chi connectivity index (χ2v) is 11.5. The molecule has 4 aromatic carbocycles. The summed E-state index contributed by atoms with van der Waals surface area (Å²) < 4.78 is 0. The maximum atomic E-state index is 13.7. The number of piperazine rings is 1. The lowest BCUT2D eigenvalue weighted by molar-refractivity contribution is -0.138. The van der Waals surface area contributed by atoms with Crippen molar-refractivity contribution in [1.82, 2.24) is 14.7 Å². The molecule has 8 nitrogen and oxygen atoms in total. The van der Waals surface area contributed by atoms with Gasteiger partial charge in [-0.3, -0.25) is 24.1 Å². The van der Waals surface area contributed by atoms with Crippen LogP contribution in [0.1, 0.15) is 44.2 Å². The summed E-state index contributed by atoms with van der Waals surface area (Å²) in [6, 6.07) is 29.3. The summed E-state index contributed by atoms with van der Waals surface area (Å²) in [5.74, 6) is -0.515. The van der Waals surface area contributed by atoms with Gasteiger partial charge < -0.3 is 14.7 Å². The summed E-state index contributed by atoms with van der Waals surface area (Å²) in [5.41, 5.74) is 3.62. The molecule has 0 aromatic heterocycles. The number of fused-ring (bicyclic) bond motifs is 2. The Labute approximate surface area is 250 Å². The minimum Gasteiger partial charge on any atom is -0.367 e. The Morgan fingerprint density at radius 2 is 1.47 bits per heavy atom. The Morgan fingerprint density at radius 1 is 0.744 bits per heavy atom. The maximum Gasteiger partial charge on any atom is 0.263 e.